The van der Waals surface area contributed by atoms with Crippen LogP contribution in [0.15, 0.2) is 36.5 Å². The summed E-state index contributed by atoms with van der Waals surface area (Å²) in [6.07, 6.45) is 1.68. The molecule has 0 saturated carbocycles. The molecule has 1 aromatic carbocycles. The number of benzene rings is 1. The summed E-state index contributed by atoms with van der Waals surface area (Å²) >= 11 is 13.7. The van der Waals surface area contributed by atoms with Gasteiger partial charge in [-0.25, -0.2) is 4.68 Å². The fourth-order valence-corrected chi connectivity index (χ4v) is 4.67. The van der Waals surface area contributed by atoms with Gasteiger partial charge >= 0.3 is 0 Å². The lowest BCUT2D eigenvalue weighted by molar-refractivity contribution is 0.102. The molecule has 6 nitrogen and oxygen atoms in total. The Kier molecular flexibility index (Phi) is 5.38. The van der Waals surface area contributed by atoms with Gasteiger partial charge in [0.2, 0.25) is 0 Å². The van der Waals surface area contributed by atoms with Crippen molar-refractivity contribution < 1.29 is 4.79 Å². The summed E-state index contributed by atoms with van der Waals surface area (Å²) in [5.41, 5.74) is 1.79. The summed E-state index contributed by atoms with van der Waals surface area (Å²) in [7, 11) is 0. The molecule has 0 saturated heterocycles. The molecular formula is C20H19Cl2N5OS. The molecule has 4 rings (SSSR count). The fraction of sp³-hybridized carbons (Fsp3) is 0.250. The topological polar surface area (TPSA) is 64.7 Å². The first-order valence-corrected chi connectivity index (χ1v) is 10.7. The summed E-state index contributed by atoms with van der Waals surface area (Å²) in [6, 6.07) is 9.25. The lowest BCUT2D eigenvalue weighted by Gasteiger charge is -2.11. The van der Waals surface area contributed by atoms with Crippen LogP contribution in [0.5, 0.6) is 0 Å². The van der Waals surface area contributed by atoms with Gasteiger partial charge in [-0.2, -0.15) is 10.2 Å². The average molecular weight is 448 g/mol. The molecule has 9 heteroatoms. The number of nitrogens with zero attached hydrogens (tertiary/aromatic N) is 4. The van der Waals surface area contributed by atoms with Crippen LogP contribution in [0.4, 0.5) is 5.82 Å². The number of rotatable bonds is 5. The van der Waals surface area contributed by atoms with Gasteiger partial charge in [-0.05, 0) is 44.5 Å². The molecule has 0 atom stereocenters. The number of halogens is 2. The van der Waals surface area contributed by atoms with Gasteiger partial charge in [-0.1, -0.05) is 29.3 Å². The summed E-state index contributed by atoms with van der Waals surface area (Å²) < 4.78 is 3.65. The summed E-state index contributed by atoms with van der Waals surface area (Å²) in [6.45, 7) is 6.47. The Morgan fingerprint density at radius 3 is 2.76 bits per heavy atom. The van der Waals surface area contributed by atoms with Crippen molar-refractivity contribution in [3.63, 3.8) is 0 Å². The normalized spacial score (nSPS) is 11.5. The zero-order chi connectivity index (χ0) is 20.7. The molecule has 0 aliphatic carbocycles. The Bertz CT molecular complexity index is 1210. The fourth-order valence-electron chi connectivity index (χ4n) is 3.15. The highest BCUT2D eigenvalue weighted by Crippen LogP contribution is 2.31. The molecule has 0 aliphatic rings. The Morgan fingerprint density at radius 1 is 1.24 bits per heavy atom. The van der Waals surface area contributed by atoms with Gasteiger partial charge in [0, 0.05) is 27.5 Å². The van der Waals surface area contributed by atoms with Crippen LogP contribution in [0.25, 0.3) is 10.2 Å². The van der Waals surface area contributed by atoms with Crippen molar-refractivity contribution in [2.45, 2.75) is 33.4 Å². The smallest absolute Gasteiger partial charge is 0.266 e. The molecule has 29 heavy (non-hydrogen) atoms. The maximum absolute atomic E-state index is 12.8. The van der Waals surface area contributed by atoms with Crippen LogP contribution in [0.1, 0.15) is 40.8 Å². The maximum Gasteiger partial charge on any atom is 0.266 e. The molecule has 1 N–H and O–H groups in total. The van der Waals surface area contributed by atoms with Gasteiger partial charge in [0.25, 0.3) is 5.91 Å². The van der Waals surface area contributed by atoms with Crippen molar-refractivity contribution in [3.05, 3.63) is 62.7 Å². The van der Waals surface area contributed by atoms with Crippen LogP contribution in [0.2, 0.25) is 10.0 Å². The van der Waals surface area contributed by atoms with Crippen molar-refractivity contribution in [1.29, 1.82) is 0 Å². The Hall–Kier alpha value is -2.35. The zero-order valence-electron chi connectivity index (χ0n) is 16.1. The molecule has 3 heterocycles. The number of anilines is 1. The van der Waals surface area contributed by atoms with Crippen LogP contribution < -0.4 is 5.32 Å². The van der Waals surface area contributed by atoms with E-state index in [0.717, 1.165) is 21.5 Å². The third-order valence-corrected chi connectivity index (χ3v) is 6.30. The van der Waals surface area contributed by atoms with Gasteiger partial charge in [0.1, 0.15) is 10.6 Å². The molecule has 0 unspecified atom stereocenters. The van der Waals surface area contributed by atoms with E-state index in [2.05, 4.69) is 15.5 Å². The number of fused-ring (bicyclic) bond motifs is 1. The predicted molar refractivity (Wildman–Crippen MR) is 118 cm³/mol. The van der Waals surface area contributed by atoms with Crippen LogP contribution >= 0.6 is 34.5 Å². The summed E-state index contributed by atoms with van der Waals surface area (Å²) in [5.74, 6) is 0.512. The maximum atomic E-state index is 12.8. The molecule has 4 aromatic rings. The van der Waals surface area contributed by atoms with Gasteiger partial charge in [0.15, 0.2) is 0 Å². The number of thiophene rings is 1. The molecule has 0 radical (unpaired) electrons. The minimum atomic E-state index is -0.163. The molecule has 0 aliphatic heterocycles. The molecular weight excluding hydrogens is 429 g/mol. The van der Waals surface area contributed by atoms with E-state index in [9.17, 15) is 4.79 Å². The number of hydrogen-bond donors (Lipinski definition) is 1. The Morgan fingerprint density at radius 2 is 2.03 bits per heavy atom. The molecule has 0 bridgehead atoms. The van der Waals surface area contributed by atoms with Crippen molar-refractivity contribution in [2.24, 2.45) is 0 Å². The number of carbonyl (C=O) groups is 1. The Labute approximate surface area is 182 Å². The van der Waals surface area contributed by atoms with Crippen LogP contribution in [0.3, 0.4) is 0 Å². The highest BCUT2D eigenvalue weighted by atomic mass is 35.5. The highest BCUT2D eigenvalue weighted by Gasteiger charge is 2.18. The van der Waals surface area contributed by atoms with E-state index in [1.54, 1.807) is 23.0 Å². The second kappa shape index (κ2) is 7.82. The third-order valence-electron chi connectivity index (χ3n) is 4.57. The quantitative estimate of drug-likeness (QED) is 0.420. The zero-order valence-corrected chi connectivity index (χ0v) is 18.4. The number of nitrogens with one attached hydrogen (secondary N) is 1. The van der Waals surface area contributed by atoms with E-state index in [-0.39, 0.29) is 11.9 Å². The third kappa shape index (κ3) is 3.90. The van der Waals surface area contributed by atoms with Crippen molar-refractivity contribution in [1.82, 2.24) is 19.6 Å². The largest absolute Gasteiger partial charge is 0.306 e. The van der Waals surface area contributed by atoms with E-state index < -0.39 is 0 Å². The van der Waals surface area contributed by atoms with E-state index in [0.29, 0.717) is 27.3 Å². The van der Waals surface area contributed by atoms with E-state index >= 15 is 0 Å². The standard InChI is InChI=1S/C20H19Cl2N5OS/c1-11(2)27-18(6-7-23-27)24-19(28)17-9-15-12(3)25-26(20(15)29-17)10-13-4-5-14(21)8-16(13)22/h4-9,11H,10H2,1-3H3,(H,24,28). The van der Waals surface area contributed by atoms with E-state index in [1.165, 1.54) is 11.3 Å². The molecule has 0 spiro atoms. The lowest BCUT2D eigenvalue weighted by Crippen LogP contribution is -2.15. The van der Waals surface area contributed by atoms with Crippen molar-refractivity contribution >= 4 is 56.5 Å². The molecule has 150 valence electrons. The van der Waals surface area contributed by atoms with Gasteiger partial charge in [0.05, 0.1) is 23.3 Å². The molecule has 1 amide bonds. The average Bonchev–Trinajstić information content (AvgIpc) is 3.35. The monoisotopic (exact) mass is 447 g/mol. The summed E-state index contributed by atoms with van der Waals surface area (Å²) in [5, 5.41) is 14.0. The van der Waals surface area contributed by atoms with E-state index in [1.807, 2.05) is 43.7 Å². The van der Waals surface area contributed by atoms with Gasteiger partial charge in [-0.15, -0.1) is 11.3 Å². The summed E-state index contributed by atoms with van der Waals surface area (Å²) in [4.78, 5) is 14.4. The number of amides is 1. The molecule has 0 fully saturated rings. The lowest BCUT2D eigenvalue weighted by atomic mass is 10.2. The van der Waals surface area contributed by atoms with Crippen LogP contribution in [0, 0.1) is 6.92 Å². The number of hydrogen-bond acceptors (Lipinski definition) is 4. The highest BCUT2D eigenvalue weighted by molar-refractivity contribution is 7.20. The minimum Gasteiger partial charge on any atom is -0.306 e. The number of aromatic nitrogens is 4. The second-order valence-electron chi connectivity index (χ2n) is 7.02. The number of aryl methyl sites for hydroxylation is 1. The number of carbonyl (C=O) groups excluding carboxylic acids is 1. The van der Waals surface area contributed by atoms with Crippen LogP contribution in [-0.4, -0.2) is 25.5 Å². The van der Waals surface area contributed by atoms with Crippen molar-refractivity contribution in [2.75, 3.05) is 5.32 Å². The Balaban J connectivity index is 1.63. The first-order chi connectivity index (χ1) is 13.8. The first-order valence-electron chi connectivity index (χ1n) is 9.09. The van der Waals surface area contributed by atoms with E-state index in [4.69, 9.17) is 23.2 Å². The van der Waals surface area contributed by atoms with Crippen LogP contribution in [-0.2, 0) is 6.54 Å². The SMILES string of the molecule is Cc1nn(Cc2ccc(Cl)cc2Cl)c2sc(C(=O)Nc3ccnn3C(C)C)cc12. The van der Waals surface area contributed by atoms with Gasteiger partial charge < -0.3 is 5.32 Å². The second-order valence-corrected chi connectivity index (χ2v) is 8.89. The van der Waals surface area contributed by atoms with Crippen molar-refractivity contribution in [3.8, 4) is 0 Å². The minimum absolute atomic E-state index is 0.155. The predicted octanol–water partition coefficient (Wildman–Crippen LogP) is 5.79. The molecule has 3 aromatic heterocycles. The van der Waals surface area contributed by atoms with Gasteiger partial charge in [-0.3, -0.25) is 9.48 Å². The first kappa shape index (κ1) is 19.9.